The molecule has 9 aliphatic carbocycles. The molecule has 0 saturated carbocycles. The van der Waals surface area contributed by atoms with Crippen LogP contribution >= 0.6 is 0 Å². The molecule has 4 atom stereocenters. The number of hydrogen-bond acceptors (Lipinski definition) is 0. The van der Waals surface area contributed by atoms with Crippen LogP contribution < -0.4 is 0 Å². The van der Waals surface area contributed by atoms with Gasteiger partial charge >= 0.3 is 0 Å². The Morgan fingerprint density at radius 3 is 1.71 bits per heavy atom. The average molecular weight is 1160 g/mol. The van der Waals surface area contributed by atoms with Crippen LogP contribution in [0.3, 0.4) is 0 Å². The minimum atomic E-state index is -0.0845. The third kappa shape index (κ3) is 7.43. The Kier molecular flexibility index (Phi) is 11.6. The van der Waals surface area contributed by atoms with Gasteiger partial charge in [-0.15, -0.1) is 0 Å². The first-order valence-corrected chi connectivity index (χ1v) is 33.7. The van der Waals surface area contributed by atoms with E-state index >= 15 is 0 Å². The second kappa shape index (κ2) is 19.3. The van der Waals surface area contributed by atoms with Gasteiger partial charge in [-0.05, 0) is 254 Å². The fourth-order valence-corrected chi connectivity index (χ4v) is 19.8. The van der Waals surface area contributed by atoms with Crippen molar-refractivity contribution in [2.45, 2.75) is 129 Å². The van der Waals surface area contributed by atoms with Gasteiger partial charge in [-0.3, -0.25) is 0 Å². The summed E-state index contributed by atoms with van der Waals surface area (Å²) in [6.07, 6.45) is 29.6. The number of fused-ring (bicyclic) bond motifs is 15. The van der Waals surface area contributed by atoms with Crippen LogP contribution in [0.2, 0.25) is 0 Å². The van der Waals surface area contributed by atoms with Gasteiger partial charge in [0.2, 0.25) is 0 Å². The topological polar surface area (TPSA) is 0 Å². The van der Waals surface area contributed by atoms with Gasteiger partial charge in [-0.25, -0.2) is 0 Å². The Hall–Kier alpha value is -8.84. The Morgan fingerprint density at radius 2 is 0.989 bits per heavy atom. The molecule has 90 heavy (non-hydrogen) atoms. The van der Waals surface area contributed by atoms with E-state index in [1.165, 1.54) is 155 Å². The molecule has 0 spiro atoms. The van der Waals surface area contributed by atoms with Crippen molar-refractivity contribution in [3.8, 4) is 22.3 Å². The molecule has 0 heterocycles. The molecule has 438 valence electrons. The van der Waals surface area contributed by atoms with Crippen LogP contribution in [-0.2, 0) is 16.2 Å². The summed E-state index contributed by atoms with van der Waals surface area (Å²) in [5, 5.41) is 8.18. The van der Waals surface area contributed by atoms with E-state index in [1.54, 1.807) is 27.9 Å². The highest BCUT2D eigenvalue weighted by atomic mass is 14.5. The molecular weight excluding hydrogens is 1080 g/mol. The number of allylic oxidation sites excluding steroid dienone is 19. The Bertz CT molecular complexity index is 5120. The van der Waals surface area contributed by atoms with Crippen LogP contribution in [0.15, 0.2) is 251 Å². The summed E-state index contributed by atoms with van der Waals surface area (Å²) in [4.78, 5) is 0. The fourth-order valence-electron chi connectivity index (χ4n) is 19.8. The first-order valence-electron chi connectivity index (χ1n) is 33.7. The van der Waals surface area contributed by atoms with Gasteiger partial charge in [0.15, 0.2) is 0 Å². The summed E-state index contributed by atoms with van der Waals surface area (Å²) in [6, 6.07) is 61.2. The zero-order valence-electron chi connectivity index (χ0n) is 53.8. The fraction of sp³-hybridized carbons (Fsp3) is 0.244. The summed E-state index contributed by atoms with van der Waals surface area (Å²) in [5.41, 5.74) is 39.3. The lowest BCUT2D eigenvalue weighted by atomic mass is 9.61. The molecule has 0 aliphatic heterocycles. The SMILES string of the molecule is CC1=C(C2=CC3=C(CC2)c2ccccc2C3(C)C)C2C=CC(C3CC=Cc4c3c(C)c(-c3ccc5c(c3)C(C)(C)c3ccccc3-5)c3ccccc43)=CC2C2=C1C(c1ccc3c(C4=CC5=C(CC4)c4ccccc4C5(C)C)c(C)c4ccccc4c3c1)CC=C2. The zero-order chi connectivity index (χ0) is 60.9. The van der Waals surface area contributed by atoms with E-state index < -0.39 is 0 Å². The highest BCUT2D eigenvalue weighted by Gasteiger charge is 2.45. The van der Waals surface area contributed by atoms with Crippen molar-refractivity contribution in [3.63, 3.8) is 0 Å². The van der Waals surface area contributed by atoms with Crippen molar-refractivity contribution in [2.75, 3.05) is 0 Å². The van der Waals surface area contributed by atoms with Crippen molar-refractivity contribution in [1.82, 2.24) is 0 Å². The zero-order valence-corrected chi connectivity index (χ0v) is 53.8. The highest BCUT2D eigenvalue weighted by Crippen LogP contribution is 2.60. The van der Waals surface area contributed by atoms with Crippen molar-refractivity contribution in [2.24, 2.45) is 11.8 Å². The molecule has 0 N–H and O–H groups in total. The van der Waals surface area contributed by atoms with E-state index in [2.05, 4.69) is 275 Å². The molecule has 0 radical (unpaired) electrons. The molecule has 0 amide bonds. The third-order valence-corrected chi connectivity index (χ3v) is 24.1. The van der Waals surface area contributed by atoms with Gasteiger partial charge in [0, 0.05) is 39.9 Å². The first-order chi connectivity index (χ1) is 43.7. The van der Waals surface area contributed by atoms with Gasteiger partial charge in [-0.1, -0.05) is 242 Å². The monoisotopic (exact) mass is 1160 g/mol. The molecule has 9 aromatic carbocycles. The Labute approximate surface area is 532 Å². The molecule has 9 aliphatic rings. The van der Waals surface area contributed by atoms with Crippen molar-refractivity contribution in [1.29, 1.82) is 0 Å². The van der Waals surface area contributed by atoms with Crippen molar-refractivity contribution in [3.05, 3.63) is 318 Å². The lowest BCUT2D eigenvalue weighted by Crippen LogP contribution is -2.29. The summed E-state index contributed by atoms with van der Waals surface area (Å²) >= 11 is 0. The number of aryl methyl sites for hydroxylation is 1. The molecule has 4 unspecified atom stereocenters. The molecule has 0 saturated heterocycles. The van der Waals surface area contributed by atoms with Gasteiger partial charge in [-0.2, -0.15) is 0 Å². The third-order valence-electron chi connectivity index (χ3n) is 24.1. The summed E-state index contributed by atoms with van der Waals surface area (Å²) in [6.45, 7) is 22.0. The maximum atomic E-state index is 2.78. The molecule has 0 heteroatoms. The van der Waals surface area contributed by atoms with E-state index in [9.17, 15) is 0 Å². The maximum Gasteiger partial charge on any atom is 0.0159 e. The van der Waals surface area contributed by atoms with E-state index in [4.69, 9.17) is 0 Å². The summed E-state index contributed by atoms with van der Waals surface area (Å²) < 4.78 is 0. The van der Waals surface area contributed by atoms with Crippen LogP contribution in [0.5, 0.6) is 0 Å². The van der Waals surface area contributed by atoms with Crippen molar-refractivity contribution >= 4 is 55.1 Å². The van der Waals surface area contributed by atoms with Gasteiger partial charge < -0.3 is 0 Å². The minimum absolute atomic E-state index is 0.0337. The van der Waals surface area contributed by atoms with Crippen LogP contribution in [0.1, 0.15) is 166 Å². The lowest BCUT2D eigenvalue weighted by molar-refractivity contribution is 0.559. The van der Waals surface area contributed by atoms with Crippen LogP contribution in [0.4, 0.5) is 0 Å². The average Bonchev–Trinajstić information content (AvgIpc) is 1.43. The molecule has 9 aromatic rings. The van der Waals surface area contributed by atoms with Crippen LogP contribution in [0.25, 0.3) is 77.4 Å². The smallest absolute Gasteiger partial charge is 0.0159 e. The molecular formula is C90H78. The maximum absolute atomic E-state index is 2.78. The predicted molar refractivity (Wildman–Crippen MR) is 382 cm³/mol. The van der Waals surface area contributed by atoms with Gasteiger partial charge in [0.25, 0.3) is 0 Å². The number of hydrogen-bond donors (Lipinski definition) is 0. The number of rotatable bonds is 5. The molecule has 18 rings (SSSR count). The second-order valence-electron chi connectivity index (χ2n) is 29.5. The summed E-state index contributed by atoms with van der Waals surface area (Å²) in [7, 11) is 0. The minimum Gasteiger partial charge on any atom is -0.0833 e. The Morgan fingerprint density at radius 1 is 0.411 bits per heavy atom. The molecule has 0 bridgehead atoms. The highest BCUT2D eigenvalue weighted by molar-refractivity contribution is 6.15. The van der Waals surface area contributed by atoms with E-state index in [0.29, 0.717) is 0 Å². The normalized spacial score (nSPS) is 22.6. The first kappa shape index (κ1) is 54.1. The van der Waals surface area contributed by atoms with Crippen LogP contribution in [-0.4, -0.2) is 0 Å². The largest absolute Gasteiger partial charge is 0.0833 e. The van der Waals surface area contributed by atoms with Gasteiger partial charge in [0.05, 0.1) is 0 Å². The van der Waals surface area contributed by atoms with E-state index in [0.717, 1.165) is 38.5 Å². The standard InChI is InChI=1S/C90H78/c1-51-59-22-10-11-23-62(59)75-46-54(36-44-73(75)83(51)56-38-41-67-64-25-14-17-33-77(64)88(4,5)80(67)48-56)61-30-21-32-72-76-47-55(37-45-74(76)85(53(3)87(61)72)58-40-43-69-66-27-16-19-35-79(66)90(8,9)82(69)50-58)60-29-20-31-71-63-24-12-13-28-70(63)84(52(2)86(60)71)57-39-42-68-65-26-15-18-34-78(65)89(6,7)81(68)49-57/h10-28,31-37,39,42,44-50,60-61,74,76H,29-30,38,40-41,43H2,1-9H3. The van der Waals surface area contributed by atoms with E-state index in [1.807, 2.05) is 0 Å². The molecule has 0 aromatic heterocycles. The second-order valence-corrected chi connectivity index (χ2v) is 29.5. The van der Waals surface area contributed by atoms with Gasteiger partial charge in [0.1, 0.15) is 0 Å². The quantitative estimate of drug-likeness (QED) is 0.151. The number of benzene rings is 9. The Balaban J connectivity index is 0.797. The molecule has 0 fully saturated rings. The van der Waals surface area contributed by atoms with Crippen molar-refractivity contribution < 1.29 is 0 Å². The van der Waals surface area contributed by atoms with Crippen LogP contribution in [0, 0.1) is 25.7 Å². The molecule has 0 nitrogen and oxygen atoms in total. The summed E-state index contributed by atoms with van der Waals surface area (Å²) in [5.74, 6) is 0.843. The lowest BCUT2D eigenvalue weighted by Gasteiger charge is -2.43. The predicted octanol–water partition coefficient (Wildman–Crippen LogP) is 23.7. The van der Waals surface area contributed by atoms with E-state index in [-0.39, 0.29) is 39.9 Å².